The SMILES string of the molecule is CO[C@@H]1CN(C(C)=O)C[C@@H](CC(C)C)N(C(=O)CN2CCC(O)CC2)CCCCOC[C@@H](O)[C@H]1O. The van der Waals surface area contributed by atoms with Crippen molar-refractivity contribution in [1.29, 1.82) is 0 Å². The van der Waals surface area contributed by atoms with E-state index in [1.807, 2.05) is 4.90 Å². The maximum Gasteiger partial charge on any atom is 0.237 e. The Morgan fingerprint density at radius 1 is 1.06 bits per heavy atom. The molecule has 35 heavy (non-hydrogen) atoms. The van der Waals surface area contributed by atoms with Crippen molar-refractivity contribution in [2.75, 3.05) is 59.6 Å². The van der Waals surface area contributed by atoms with Crippen molar-refractivity contribution in [3.63, 3.8) is 0 Å². The minimum atomic E-state index is -1.21. The zero-order valence-corrected chi connectivity index (χ0v) is 22.0. The standard InChI is InChI=1S/C25H47N3O7/c1-18(2)13-20-14-27(19(3)29)15-23(34-4)25(33)22(31)17-35-12-6-5-9-28(20)24(32)16-26-10-7-21(30)8-11-26/h18,20-23,25,30-31,33H,5-17H2,1-4H3/t20-,22-,23-,25-/m1/s1. The summed E-state index contributed by atoms with van der Waals surface area (Å²) in [6.45, 7) is 8.74. The van der Waals surface area contributed by atoms with E-state index in [0.717, 1.165) is 12.8 Å². The molecule has 0 bridgehead atoms. The Balaban J connectivity index is 2.27. The monoisotopic (exact) mass is 501 g/mol. The predicted molar refractivity (Wildman–Crippen MR) is 132 cm³/mol. The quantitative estimate of drug-likeness (QED) is 0.484. The Bertz CT molecular complexity index is 643. The van der Waals surface area contributed by atoms with Gasteiger partial charge in [-0.3, -0.25) is 14.5 Å². The number of rotatable bonds is 5. The van der Waals surface area contributed by atoms with Crippen LogP contribution in [0.25, 0.3) is 0 Å². The number of carbonyl (C=O) groups excluding carboxylic acids is 2. The van der Waals surface area contributed by atoms with Gasteiger partial charge in [-0.15, -0.1) is 0 Å². The summed E-state index contributed by atoms with van der Waals surface area (Å²) >= 11 is 0. The Kier molecular flexibility index (Phi) is 12.9. The van der Waals surface area contributed by atoms with Crippen LogP contribution in [-0.4, -0.2) is 132 Å². The van der Waals surface area contributed by atoms with E-state index in [0.29, 0.717) is 64.5 Å². The second-order valence-electron chi connectivity index (χ2n) is 10.4. The third-order valence-corrected chi connectivity index (χ3v) is 7.00. The third kappa shape index (κ3) is 9.93. The first-order valence-corrected chi connectivity index (χ1v) is 13.0. The predicted octanol–water partition coefficient (Wildman–Crippen LogP) is 0.0821. The first-order valence-electron chi connectivity index (χ1n) is 13.0. The van der Waals surface area contributed by atoms with Crippen LogP contribution < -0.4 is 0 Å². The van der Waals surface area contributed by atoms with Gasteiger partial charge in [0.15, 0.2) is 0 Å². The lowest BCUT2D eigenvalue weighted by molar-refractivity contribution is -0.143. The van der Waals surface area contributed by atoms with Crippen LogP contribution in [0.15, 0.2) is 0 Å². The second kappa shape index (κ2) is 15.1. The molecule has 2 fully saturated rings. The van der Waals surface area contributed by atoms with Gasteiger partial charge in [-0.2, -0.15) is 0 Å². The lowest BCUT2D eigenvalue weighted by Gasteiger charge is -2.39. The minimum absolute atomic E-state index is 0.0273. The molecular weight excluding hydrogens is 454 g/mol. The summed E-state index contributed by atoms with van der Waals surface area (Å²) in [5.41, 5.74) is 0. The van der Waals surface area contributed by atoms with E-state index in [-0.39, 0.29) is 37.1 Å². The van der Waals surface area contributed by atoms with Crippen molar-refractivity contribution < 1.29 is 34.4 Å². The van der Waals surface area contributed by atoms with E-state index < -0.39 is 18.3 Å². The van der Waals surface area contributed by atoms with E-state index in [1.165, 1.54) is 14.0 Å². The molecule has 204 valence electrons. The van der Waals surface area contributed by atoms with Crippen molar-refractivity contribution in [2.45, 2.75) is 83.3 Å². The summed E-state index contributed by atoms with van der Waals surface area (Å²) < 4.78 is 11.0. The van der Waals surface area contributed by atoms with Crippen molar-refractivity contribution in [1.82, 2.24) is 14.7 Å². The van der Waals surface area contributed by atoms with Crippen LogP contribution >= 0.6 is 0 Å². The summed E-state index contributed by atoms with van der Waals surface area (Å²) in [6, 6.07) is -0.190. The maximum absolute atomic E-state index is 13.6. The highest BCUT2D eigenvalue weighted by atomic mass is 16.5. The van der Waals surface area contributed by atoms with Crippen molar-refractivity contribution in [2.24, 2.45) is 5.92 Å². The third-order valence-electron chi connectivity index (χ3n) is 7.00. The number of nitrogens with zero attached hydrogens (tertiary/aromatic N) is 3. The summed E-state index contributed by atoms with van der Waals surface area (Å²) in [4.78, 5) is 31.8. The molecule has 0 spiro atoms. The van der Waals surface area contributed by atoms with Gasteiger partial charge in [0.2, 0.25) is 11.8 Å². The van der Waals surface area contributed by atoms with Gasteiger partial charge in [-0.1, -0.05) is 13.8 Å². The van der Waals surface area contributed by atoms with Crippen LogP contribution in [0.3, 0.4) is 0 Å². The van der Waals surface area contributed by atoms with Crippen LogP contribution in [-0.2, 0) is 19.1 Å². The van der Waals surface area contributed by atoms with Crippen molar-refractivity contribution >= 4 is 11.8 Å². The van der Waals surface area contributed by atoms with Gasteiger partial charge >= 0.3 is 0 Å². The number of piperidine rings is 1. The highest BCUT2D eigenvalue weighted by molar-refractivity contribution is 5.79. The van der Waals surface area contributed by atoms with Crippen molar-refractivity contribution in [3.8, 4) is 0 Å². The molecule has 2 aliphatic rings. The number of aliphatic hydroxyl groups excluding tert-OH is 3. The van der Waals surface area contributed by atoms with E-state index in [2.05, 4.69) is 18.7 Å². The molecular formula is C25H47N3O7. The Labute approximate surface area is 210 Å². The van der Waals surface area contributed by atoms with Gasteiger partial charge in [0, 0.05) is 59.4 Å². The van der Waals surface area contributed by atoms with Crippen LogP contribution in [0.1, 0.15) is 52.9 Å². The first-order chi connectivity index (χ1) is 16.6. The molecule has 2 aliphatic heterocycles. The summed E-state index contributed by atoms with van der Waals surface area (Å²) in [6.07, 6.45) is 0.105. The minimum Gasteiger partial charge on any atom is -0.393 e. The summed E-state index contributed by atoms with van der Waals surface area (Å²) in [7, 11) is 1.44. The molecule has 10 heteroatoms. The number of amides is 2. The molecule has 0 aliphatic carbocycles. The molecule has 3 N–H and O–H groups in total. The molecule has 0 unspecified atom stereocenters. The summed E-state index contributed by atoms with van der Waals surface area (Å²) in [5.74, 6) is 0.160. The van der Waals surface area contributed by atoms with Crippen LogP contribution in [0.5, 0.6) is 0 Å². The molecule has 0 saturated carbocycles. The van der Waals surface area contributed by atoms with Crippen LogP contribution in [0.4, 0.5) is 0 Å². The van der Waals surface area contributed by atoms with Gasteiger partial charge in [0.1, 0.15) is 18.3 Å². The topological polar surface area (TPSA) is 123 Å². The molecule has 2 heterocycles. The number of hydrogen-bond donors (Lipinski definition) is 3. The fourth-order valence-electron chi connectivity index (χ4n) is 4.88. The number of methoxy groups -OCH3 is 1. The number of aliphatic hydroxyl groups is 3. The number of hydrogen-bond acceptors (Lipinski definition) is 8. The molecule has 0 aromatic rings. The lowest BCUT2D eigenvalue weighted by atomic mass is 10.00. The lowest BCUT2D eigenvalue weighted by Crippen LogP contribution is -2.55. The average Bonchev–Trinajstić information content (AvgIpc) is 2.80. The van der Waals surface area contributed by atoms with E-state index >= 15 is 0 Å². The van der Waals surface area contributed by atoms with E-state index in [1.54, 1.807) is 4.90 Å². The van der Waals surface area contributed by atoms with Gasteiger partial charge < -0.3 is 34.6 Å². The van der Waals surface area contributed by atoms with Crippen LogP contribution in [0.2, 0.25) is 0 Å². The average molecular weight is 502 g/mol. The van der Waals surface area contributed by atoms with E-state index in [4.69, 9.17) is 9.47 Å². The highest BCUT2D eigenvalue weighted by Crippen LogP contribution is 2.19. The van der Waals surface area contributed by atoms with Gasteiger partial charge in [-0.25, -0.2) is 0 Å². The zero-order valence-electron chi connectivity index (χ0n) is 22.0. The number of ether oxygens (including phenoxy) is 2. The molecule has 2 saturated heterocycles. The maximum atomic E-state index is 13.6. The fraction of sp³-hybridized carbons (Fsp3) is 0.920. The molecule has 2 rings (SSSR count). The normalized spacial score (nSPS) is 29.3. The van der Waals surface area contributed by atoms with E-state index in [9.17, 15) is 24.9 Å². The molecule has 0 aromatic carbocycles. The molecule has 2 amide bonds. The molecule has 10 nitrogen and oxygen atoms in total. The second-order valence-corrected chi connectivity index (χ2v) is 10.4. The molecule has 4 atom stereocenters. The Morgan fingerprint density at radius 3 is 2.34 bits per heavy atom. The Hall–Kier alpha value is -1.30. The fourth-order valence-corrected chi connectivity index (χ4v) is 4.88. The van der Waals surface area contributed by atoms with Crippen LogP contribution in [0, 0.1) is 5.92 Å². The zero-order chi connectivity index (χ0) is 26.0. The smallest absolute Gasteiger partial charge is 0.237 e. The largest absolute Gasteiger partial charge is 0.393 e. The molecule has 0 radical (unpaired) electrons. The number of likely N-dealkylation sites (tertiary alicyclic amines) is 1. The Morgan fingerprint density at radius 2 is 1.74 bits per heavy atom. The molecule has 0 aromatic heterocycles. The van der Waals surface area contributed by atoms with Gasteiger partial charge in [0.05, 0.1) is 19.3 Å². The summed E-state index contributed by atoms with van der Waals surface area (Å²) in [5, 5.41) is 30.8. The highest BCUT2D eigenvalue weighted by Gasteiger charge is 2.33. The van der Waals surface area contributed by atoms with Gasteiger partial charge in [-0.05, 0) is 38.0 Å². The first kappa shape index (κ1) is 29.9. The number of carbonyl (C=O) groups is 2. The van der Waals surface area contributed by atoms with Gasteiger partial charge in [0.25, 0.3) is 0 Å². The van der Waals surface area contributed by atoms with Crippen molar-refractivity contribution in [3.05, 3.63) is 0 Å².